The Morgan fingerprint density at radius 1 is 0.786 bits per heavy atom. The van der Waals surface area contributed by atoms with Crippen molar-refractivity contribution in [3.05, 3.63) is 24.7 Å². The quantitative estimate of drug-likeness (QED) is 0.321. The van der Waals surface area contributed by atoms with Gasteiger partial charge in [0.25, 0.3) is 0 Å². The normalized spacial score (nSPS) is 9.57. The molecule has 14 heavy (non-hydrogen) atoms. The Balaban J connectivity index is 3.50. The van der Waals surface area contributed by atoms with Crippen LogP contribution in [-0.2, 0) is 18.9 Å². The van der Waals surface area contributed by atoms with Crippen LogP contribution in [0, 0.1) is 0 Å². The molecule has 0 aromatic rings. The summed E-state index contributed by atoms with van der Waals surface area (Å²) >= 11 is 0. The molecule has 0 saturated carbocycles. The molecule has 0 aromatic heterocycles. The minimum atomic E-state index is 0.429. The Morgan fingerprint density at radius 3 is 1.43 bits per heavy atom. The second kappa shape index (κ2) is 8.59. The van der Waals surface area contributed by atoms with Gasteiger partial charge >= 0.3 is 0 Å². The van der Waals surface area contributed by atoms with E-state index in [2.05, 4.69) is 13.2 Å². The summed E-state index contributed by atoms with van der Waals surface area (Å²) in [6, 6.07) is 0. The summed E-state index contributed by atoms with van der Waals surface area (Å²) in [6.45, 7) is 9.25. The lowest BCUT2D eigenvalue weighted by atomic mass is 10.5. The zero-order valence-electron chi connectivity index (χ0n) is 8.88. The Hall–Kier alpha value is -1.00. The average Bonchev–Trinajstić information content (AvgIpc) is 2.18. The molecule has 0 spiro atoms. The Morgan fingerprint density at radius 2 is 1.14 bits per heavy atom. The van der Waals surface area contributed by atoms with Crippen LogP contribution in [0.25, 0.3) is 0 Å². The van der Waals surface area contributed by atoms with Crippen LogP contribution in [0.5, 0.6) is 0 Å². The van der Waals surface area contributed by atoms with Crippen LogP contribution < -0.4 is 0 Å². The van der Waals surface area contributed by atoms with Crippen molar-refractivity contribution in [2.75, 3.05) is 40.6 Å². The molecule has 0 radical (unpaired) electrons. The number of methoxy groups -OCH3 is 2. The molecule has 0 atom stereocenters. The van der Waals surface area contributed by atoms with Crippen LogP contribution in [0.3, 0.4) is 0 Å². The van der Waals surface area contributed by atoms with E-state index in [4.69, 9.17) is 18.9 Å². The molecule has 0 aromatic carbocycles. The molecule has 0 bridgehead atoms. The van der Waals surface area contributed by atoms with Gasteiger partial charge in [0.2, 0.25) is 0 Å². The van der Waals surface area contributed by atoms with Gasteiger partial charge in [0.15, 0.2) is 11.5 Å². The topological polar surface area (TPSA) is 36.9 Å². The minimum Gasteiger partial charge on any atom is -0.488 e. The summed E-state index contributed by atoms with van der Waals surface area (Å²) in [5.41, 5.74) is 0. The van der Waals surface area contributed by atoms with Gasteiger partial charge in [-0.2, -0.15) is 0 Å². The molecular weight excluding hydrogens is 184 g/mol. The smallest absolute Gasteiger partial charge is 0.153 e. The number of hydrogen-bond acceptors (Lipinski definition) is 4. The SMILES string of the molecule is C=C(OCCOC)C(=C)OCCOC. The van der Waals surface area contributed by atoms with Crippen LogP contribution >= 0.6 is 0 Å². The van der Waals surface area contributed by atoms with Gasteiger partial charge in [0.1, 0.15) is 13.2 Å². The molecular formula is C10H18O4. The van der Waals surface area contributed by atoms with Crippen molar-refractivity contribution in [3.8, 4) is 0 Å². The van der Waals surface area contributed by atoms with Crippen LogP contribution in [0.1, 0.15) is 0 Å². The van der Waals surface area contributed by atoms with Crippen molar-refractivity contribution in [1.29, 1.82) is 0 Å². The van der Waals surface area contributed by atoms with Gasteiger partial charge in [0, 0.05) is 14.2 Å². The van der Waals surface area contributed by atoms with E-state index in [-0.39, 0.29) is 0 Å². The predicted octanol–water partition coefficient (Wildman–Crippen LogP) is 1.34. The first kappa shape index (κ1) is 13.0. The molecule has 0 unspecified atom stereocenters. The van der Waals surface area contributed by atoms with E-state index >= 15 is 0 Å². The zero-order valence-corrected chi connectivity index (χ0v) is 8.88. The maximum absolute atomic E-state index is 5.19. The molecule has 0 N–H and O–H groups in total. The van der Waals surface area contributed by atoms with Crippen molar-refractivity contribution >= 4 is 0 Å². The highest BCUT2D eigenvalue weighted by Crippen LogP contribution is 2.07. The van der Waals surface area contributed by atoms with Gasteiger partial charge in [-0.25, -0.2) is 0 Å². The zero-order chi connectivity index (χ0) is 10.8. The highest BCUT2D eigenvalue weighted by atomic mass is 16.6. The summed E-state index contributed by atoms with van der Waals surface area (Å²) in [6.07, 6.45) is 0. The summed E-state index contributed by atoms with van der Waals surface area (Å²) < 4.78 is 20.0. The van der Waals surface area contributed by atoms with Crippen molar-refractivity contribution in [1.82, 2.24) is 0 Å². The highest BCUT2D eigenvalue weighted by Gasteiger charge is 2.01. The third kappa shape index (κ3) is 6.51. The molecule has 0 rings (SSSR count). The fraction of sp³-hybridized carbons (Fsp3) is 0.600. The monoisotopic (exact) mass is 202 g/mol. The third-order valence-electron chi connectivity index (χ3n) is 1.44. The van der Waals surface area contributed by atoms with E-state index in [0.29, 0.717) is 37.9 Å². The van der Waals surface area contributed by atoms with Crippen LogP contribution in [0.15, 0.2) is 24.7 Å². The first-order valence-corrected chi connectivity index (χ1v) is 4.34. The molecule has 4 nitrogen and oxygen atoms in total. The second-order valence-electron chi connectivity index (χ2n) is 2.53. The molecule has 0 fully saturated rings. The Labute approximate surface area is 85.1 Å². The average molecular weight is 202 g/mol. The molecule has 0 amide bonds. The van der Waals surface area contributed by atoms with E-state index in [1.165, 1.54) is 0 Å². The molecule has 82 valence electrons. The Bertz CT molecular complexity index is 157. The van der Waals surface area contributed by atoms with Gasteiger partial charge in [0.05, 0.1) is 13.2 Å². The first-order valence-electron chi connectivity index (χ1n) is 4.34. The third-order valence-corrected chi connectivity index (χ3v) is 1.44. The van der Waals surface area contributed by atoms with E-state index in [1.807, 2.05) is 0 Å². The van der Waals surface area contributed by atoms with Gasteiger partial charge < -0.3 is 18.9 Å². The van der Waals surface area contributed by atoms with E-state index in [1.54, 1.807) is 14.2 Å². The second-order valence-corrected chi connectivity index (χ2v) is 2.53. The fourth-order valence-corrected chi connectivity index (χ4v) is 0.657. The van der Waals surface area contributed by atoms with Gasteiger partial charge in [-0.1, -0.05) is 13.2 Å². The molecule has 0 aliphatic heterocycles. The standard InChI is InChI=1S/C10H18O4/c1-9(13-7-5-11-3)10(2)14-8-6-12-4/h1-2,5-8H2,3-4H3. The Kier molecular flexibility index (Phi) is 7.98. The fourth-order valence-electron chi connectivity index (χ4n) is 0.657. The van der Waals surface area contributed by atoms with Crippen molar-refractivity contribution < 1.29 is 18.9 Å². The molecule has 0 aliphatic rings. The summed E-state index contributed by atoms with van der Waals surface area (Å²) in [5, 5.41) is 0. The van der Waals surface area contributed by atoms with Crippen LogP contribution in [0.4, 0.5) is 0 Å². The minimum absolute atomic E-state index is 0.429. The summed E-state index contributed by atoms with van der Waals surface area (Å²) in [5.74, 6) is 0.858. The lowest BCUT2D eigenvalue weighted by molar-refractivity contribution is 0.0797. The maximum Gasteiger partial charge on any atom is 0.153 e. The lowest BCUT2D eigenvalue weighted by Gasteiger charge is -2.12. The van der Waals surface area contributed by atoms with Crippen LogP contribution in [-0.4, -0.2) is 40.6 Å². The summed E-state index contributed by atoms with van der Waals surface area (Å²) in [4.78, 5) is 0. The number of rotatable bonds is 9. The molecule has 4 heteroatoms. The van der Waals surface area contributed by atoms with Gasteiger partial charge in [-0.05, 0) is 0 Å². The number of hydrogen-bond donors (Lipinski definition) is 0. The molecule has 0 saturated heterocycles. The highest BCUT2D eigenvalue weighted by molar-refractivity contribution is 5.11. The summed E-state index contributed by atoms with van der Waals surface area (Å²) in [7, 11) is 3.21. The first-order chi connectivity index (χ1) is 6.72. The lowest BCUT2D eigenvalue weighted by Crippen LogP contribution is -2.06. The van der Waals surface area contributed by atoms with Crippen molar-refractivity contribution in [3.63, 3.8) is 0 Å². The predicted molar refractivity (Wildman–Crippen MR) is 53.9 cm³/mol. The van der Waals surface area contributed by atoms with E-state index < -0.39 is 0 Å². The number of ether oxygens (including phenoxy) is 4. The molecule has 0 heterocycles. The van der Waals surface area contributed by atoms with Crippen molar-refractivity contribution in [2.24, 2.45) is 0 Å². The molecule has 0 aliphatic carbocycles. The van der Waals surface area contributed by atoms with E-state index in [0.717, 1.165) is 0 Å². The van der Waals surface area contributed by atoms with Gasteiger partial charge in [-0.3, -0.25) is 0 Å². The van der Waals surface area contributed by atoms with Crippen LogP contribution in [0.2, 0.25) is 0 Å². The van der Waals surface area contributed by atoms with E-state index in [9.17, 15) is 0 Å². The van der Waals surface area contributed by atoms with Crippen molar-refractivity contribution in [2.45, 2.75) is 0 Å². The van der Waals surface area contributed by atoms with Gasteiger partial charge in [-0.15, -0.1) is 0 Å². The largest absolute Gasteiger partial charge is 0.488 e. The maximum atomic E-state index is 5.19.